The highest BCUT2D eigenvalue weighted by Crippen LogP contribution is 2.10. The first-order chi connectivity index (χ1) is 8.54. The van der Waals surface area contributed by atoms with Gasteiger partial charge in [-0.2, -0.15) is 0 Å². The molecule has 5 heteroatoms. The SMILES string of the molecule is CCCNC(=O)[C@@H](C)NC(=O)c1ccc(Br)cc1. The third-order valence-corrected chi connectivity index (χ3v) is 2.93. The summed E-state index contributed by atoms with van der Waals surface area (Å²) in [5.74, 6) is -0.413. The zero-order valence-electron chi connectivity index (χ0n) is 10.5. The Kier molecular flexibility index (Phi) is 5.85. The van der Waals surface area contributed by atoms with Gasteiger partial charge in [0.1, 0.15) is 6.04 Å². The van der Waals surface area contributed by atoms with Gasteiger partial charge in [0.05, 0.1) is 0 Å². The maximum Gasteiger partial charge on any atom is 0.251 e. The van der Waals surface area contributed by atoms with E-state index in [2.05, 4.69) is 26.6 Å². The number of rotatable bonds is 5. The Balaban J connectivity index is 2.53. The van der Waals surface area contributed by atoms with Crippen molar-refractivity contribution < 1.29 is 9.59 Å². The summed E-state index contributed by atoms with van der Waals surface area (Å²) in [7, 11) is 0. The van der Waals surface area contributed by atoms with E-state index in [0.717, 1.165) is 10.9 Å². The van der Waals surface area contributed by atoms with Crippen LogP contribution in [0.3, 0.4) is 0 Å². The second-order valence-electron chi connectivity index (χ2n) is 3.99. The lowest BCUT2D eigenvalue weighted by molar-refractivity contribution is -0.122. The van der Waals surface area contributed by atoms with Gasteiger partial charge in [-0.25, -0.2) is 0 Å². The van der Waals surface area contributed by atoms with E-state index in [0.29, 0.717) is 12.1 Å². The summed E-state index contributed by atoms with van der Waals surface area (Å²) in [6.45, 7) is 4.27. The van der Waals surface area contributed by atoms with Crippen molar-refractivity contribution in [2.24, 2.45) is 0 Å². The molecule has 0 saturated heterocycles. The van der Waals surface area contributed by atoms with Crippen LogP contribution in [0.5, 0.6) is 0 Å². The number of hydrogen-bond acceptors (Lipinski definition) is 2. The zero-order valence-corrected chi connectivity index (χ0v) is 12.1. The second kappa shape index (κ2) is 7.16. The van der Waals surface area contributed by atoms with Crippen molar-refractivity contribution in [3.63, 3.8) is 0 Å². The third-order valence-electron chi connectivity index (χ3n) is 2.40. The number of carbonyl (C=O) groups is 2. The smallest absolute Gasteiger partial charge is 0.251 e. The summed E-state index contributed by atoms with van der Waals surface area (Å²) < 4.78 is 0.910. The molecular weight excluding hydrogens is 296 g/mol. The van der Waals surface area contributed by atoms with Crippen LogP contribution in [0.4, 0.5) is 0 Å². The quantitative estimate of drug-likeness (QED) is 0.874. The third kappa shape index (κ3) is 4.49. The van der Waals surface area contributed by atoms with Crippen LogP contribution in [-0.2, 0) is 4.79 Å². The fourth-order valence-corrected chi connectivity index (χ4v) is 1.61. The molecule has 4 nitrogen and oxygen atoms in total. The fraction of sp³-hybridized carbons (Fsp3) is 0.385. The Labute approximate surface area is 115 Å². The standard InChI is InChI=1S/C13H17BrN2O2/c1-3-8-15-12(17)9(2)16-13(18)10-4-6-11(14)7-5-10/h4-7,9H,3,8H2,1-2H3,(H,15,17)(H,16,18)/t9-/m1/s1. The largest absolute Gasteiger partial charge is 0.354 e. The summed E-state index contributed by atoms with van der Waals surface area (Å²) in [5.41, 5.74) is 0.536. The molecule has 0 aromatic heterocycles. The molecule has 2 amide bonds. The van der Waals surface area contributed by atoms with Crippen molar-refractivity contribution >= 4 is 27.7 Å². The van der Waals surface area contributed by atoms with E-state index in [4.69, 9.17) is 0 Å². The zero-order chi connectivity index (χ0) is 13.5. The first-order valence-electron chi connectivity index (χ1n) is 5.88. The molecular formula is C13H17BrN2O2. The molecule has 0 saturated carbocycles. The van der Waals surface area contributed by atoms with Crippen LogP contribution in [0.1, 0.15) is 30.6 Å². The number of halogens is 1. The minimum Gasteiger partial charge on any atom is -0.354 e. The van der Waals surface area contributed by atoms with E-state index in [1.807, 2.05) is 6.92 Å². The topological polar surface area (TPSA) is 58.2 Å². The molecule has 0 aliphatic rings. The van der Waals surface area contributed by atoms with Gasteiger partial charge < -0.3 is 10.6 Å². The van der Waals surface area contributed by atoms with Crippen LogP contribution in [0.25, 0.3) is 0 Å². The van der Waals surface area contributed by atoms with Gasteiger partial charge in [0.2, 0.25) is 5.91 Å². The van der Waals surface area contributed by atoms with E-state index in [9.17, 15) is 9.59 Å². The molecule has 1 rings (SSSR count). The van der Waals surface area contributed by atoms with Crippen molar-refractivity contribution in [3.05, 3.63) is 34.3 Å². The number of nitrogens with one attached hydrogen (secondary N) is 2. The average Bonchev–Trinajstić information content (AvgIpc) is 2.36. The first-order valence-corrected chi connectivity index (χ1v) is 6.68. The van der Waals surface area contributed by atoms with Crippen molar-refractivity contribution in [2.75, 3.05) is 6.54 Å². The Morgan fingerprint density at radius 2 is 1.89 bits per heavy atom. The van der Waals surface area contributed by atoms with Crippen molar-refractivity contribution in [2.45, 2.75) is 26.3 Å². The maximum absolute atomic E-state index is 11.8. The maximum atomic E-state index is 11.8. The molecule has 18 heavy (non-hydrogen) atoms. The van der Waals surface area contributed by atoms with Gasteiger partial charge in [0.25, 0.3) is 5.91 Å². The minimum absolute atomic E-state index is 0.165. The number of amides is 2. The van der Waals surface area contributed by atoms with Gasteiger partial charge in [0, 0.05) is 16.6 Å². The van der Waals surface area contributed by atoms with E-state index in [1.54, 1.807) is 31.2 Å². The second-order valence-corrected chi connectivity index (χ2v) is 4.91. The molecule has 0 bridgehead atoms. The molecule has 0 spiro atoms. The molecule has 1 atom stereocenters. The van der Waals surface area contributed by atoms with Gasteiger partial charge in [-0.1, -0.05) is 22.9 Å². The molecule has 0 fully saturated rings. The molecule has 1 aromatic rings. The normalized spacial score (nSPS) is 11.7. The van der Waals surface area contributed by atoms with E-state index in [1.165, 1.54) is 0 Å². The molecule has 0 radical (unpaired) electrons. The minimum atomic E-state index is -0.535. The summed E-state index contributed by atoms with van der Waals surface area (Å²) >= 11 is 3.30. The number of carbonyl (C=O) groups excluding carboxylic acids is 2. The highest BCUT2D eigenvalue weighted by molar-refractivity contribution is 9.10. The lowest BCUT2D eigenvalue weighted by atomic mass is 10.2. The Morgan fingerprint density at radius 3 is 2.44 bits per heavy atom. The van der Waals surface area contributed by atoms with Crippen molar-refractivity contribution in [1.82, 2.24) is 10.6 Å². The van der Waals surface area contributed by atoms with Gasteiger partial charge >= 0.3 is 0 Å². The van der Waals surface area contributed by atoms with E-state index < -0.39 is 6.04 Å². The van der Waals surface area contributed by atoms with Gasteiger partial charge in [-0.05, 0) is 37.6 Å². The molecule has 1 aromatic carbocycles. The lowest BCUT2D eigenvalue weighted by Gasteiger charge is -2.13. The molecule has 2 N–H and O–H groups in total. The lowest BCUT2D eigenvalue weighted by Crippen LogP contribution is -2.44. The predicted molar refractivity (Wildman–Crippen MR) is 74.4 cm³/mol. The molecule has 0 unspecified atom stereocenters. The molecule has 0 heterocycles. The monoisotopic (exact) mass is 312 g/mol. The summed E-state index contributed by atoms with van der Waals surface area (Å²) in [6, 6.07) is 6.45. The van der Waals surface area contributed by atoms with Gasteiger partial charge in [-0.15, -0.1) is 0 Å². The molecule has 0 aliphatic carbocycles. The van der Waals surface area contributed by atoms with Crippen LogP contribution >= 0.6 is 15.9 Å². The Hall–Kier alpha value is -1.36. The van der Waals surface area contributed by atoms with Gasteiger partial charge in [0.15, 0.2) is 0 Å². The van der Waals surface area contributed by atoms with Crippen LogP contribution in [0.15, 0.2) is 28.7 Å². The first kappa shape index (κ1) is 14.7. The van der Waals surface area contributed by atoms with Crippen LogP contribution in [0.2, 0.25) is 0 Å². The fourth-order valence-electron chi connectivity index (χ4n) is 1.35. The van der Waals surface area contributed by atoms with Crippen LogP contribution < -0.4 is 10.6 Å². The van der Waals surface area contributed by atoms with Crippen LogP contribution in [0, 0.1) is 0 Å². The summed E-state index contributed by atoms with van der Waals surface area (Å²) in [4.78, 5) is 23.4. The Bertz CT molecular complexity index is 418. The highest BCUT2D eigenvalue weighted by Gasteiger charge is 2.15. The Morgan fingerprint density at radius 1 is 1.28 bits per heavy atom. The molecule has 98 valence electrons. The average molecular weight is 313 g/mol. The van der Waals surface area contributed by atoms with E-state index in [-0.39, 0.29) is 11.8 Å². The predicted octanol–water partition coefficient (Wildman–Crippen LogP) is 2.09. The number of benzene rings is 1. The van der Waals surface area contributed by atoms with Crippen molar-refractivity contribution in [3.8, 4) is 0 Å². The van der Waals surface area contributed by atoms with Crippen LogP contribution in [-0.4, -0.2) is 24.4 Å². The van der Waals surface area contributed by atoms with Gasteiger partial charge in [-0.3, -0.25) is 9.59 Å². The van der Waals surface area contributed by atoms with Crippen molar-refractivity contribution in [1.29, 1.82) is 0 Å². The summed E-state index contributed by atoms with van der Waals surface area (Å²) in [6.07, 6.45) is 0.874. The summed E-state index contributed by atoms with van der Waals surface area (Å²) in [5, 5.41) is 5.39. The molecule has 0 aliphatic heterocycles. The number of hydrogen-bond donors (Lipinski definition) is 2. The highest BCUT2D eigenvalue weighted by atomic mass is 79.9. The van der Waals surface area contributed by atoms with E-state index >= 15 is 0 Å².